The number of hydrogen-bond acceptors (Lipinski definition) is 3. The first-order valence-corrected chi connectivity index (χ1v) is 7.34. The fraction of sp³-hybridized carbons (Fsp3) is 1.00. The molecule has 2 aliphatic rings. The van der Waals surface area contributed by atoms with Gasteiger partial charge in [0.25, 0.3) is 0 Å². The van der Waals surface area contributed by atoms with E-state index in [0.29, 0.717) is 5.92 Å². The molecule has 0 heterocycles. The van der Waals surface area contributed by atoms with Crippen LogP contribution < -0.4 is 10.5 Å². The van der Waals surface area contributed by atoms with Gasteiger partial charge in [-0.2, -0.15) is 0 Å². The molecule has 0 aromatic carbocycles. The van der Waals surface area contributed by atoms with Crippen molar-refractivity contribution in [1.82, 2.24) is 4.72 Å². The van der Waals surface area contributed by atoms with Crippen LogP contribution in [0.2, 0.25) is 0 Å². The van der Waals surface area contributed by atoms with Crippen molar-refractivity contribution in [2.75, 3.05) is 0 Å². The van der Waals surface area contributed by atoms with Crippen molar-refractivity contribution in [2.24, 2.45) is 11.7 Å². The van der Waals surface area contributed by atoms with E-state index in [4.69, 9.17) is 5.73 Å². The van der Waals surface area contributed by atoms with Gasteiger partial charge in [0.1, 0.15) is 0 Å². The summed E-state index contributed by atoms with van der Waals surface area (Å²) >= 11 is 0. The quantitative estimate of drug-likeness (QED) is 0.745. The van der Waals surface area contributed by atoms with Crippen LogP contribution in [-0.2, 0) is 10.0 Å². The zero-order valence-electron chi connectivity index (χ0n) is 9.15. The maximum absolute atomic E-state index is 11.7. The molecule has 4 nitrogen and oxygen atoms in total. The van der Waals surface area contributed by atoms with Crippen molar-refractivity contribution in [1.29, 1.82) is 0 Å². The molecule has 2 saturated carbocycles. The second kappa shape index (κ2) is 4.03. The van der Waals surface area contributed by atoms with E-state index in [1.807, 2.05) is 0 Å². The summed E-state index contributed by atoms with van der Waals surface area (Å²) in [6.07, 6.45) is 4.40. The molecule has 0 aromatic heterocycles. The number of nitrogens with two attached hydrogens (primary N) is 1. The molecule has 5 heteroatoms. The summed E-state index contributed by atoms with van der Waals surface area (Å²) in [5, 5.41) is -0.116. The van der Waals surface area contributed by atoms with Crippen LogP contribution in [0.4, 0.5) is 0 Å². The Kier molecular flexibility index (Phi) is 3.05. The molecule has 0 saturated heterocycles. The predicted octanol–water partition coefficient (Wildman–Crippen LogP) is 0.584. The second-order valence-electron chi connectivity index (χ2n) is 4.86. The highest BCUT2D eigenvalue weighted by atomic mass is 32.2. The third kappa shape index (κ3) is 2.52. The smallest absolute Gasteiger partial charge is 0.214 e. The summed E-state index contributed by atoms with van der Waals surface area (Å²) in [6, 6.07) is 0.248. The minimum atomic E-state index is -3.03. The minimum Gasteiger partial charge on any atom is -0.327 e. The van der Waals surface area contributed by atoms with Crippen molar-refractivity contribution in [3.8, 4) is 0 Å². The Labute approximate surface area is 91.7 Å². The molecule has 15 heavy (non-hydrogen) atoms. The SMILES string of the molecule is CCC1CC(NS(=O)(=O)C2CC2)CC1N. The maximum Gasteiger partial charge on any atom is 0.214 e. The Balaban J connectivity index is 1.91. The predicted molar refractivity (Wildman–Crippen MR) is 59.9 cm³/mol. The highest BCUT2D eigenvalue weighted by Gasteiger charge is 2.39. The third-order valence-corrected chi connectivity index (χ3v) is 5.58. The molecule has 0 radical (unpaired) electrons. The van der Waals surface area contributed by atoms with Crippen molar-refractivity contribution < 1.29 is 8.42 Å². The third-order valence-electron chi connectivity index (χ3n) is 3.57. The maximum atomic E-state index is 11.7. The van der Waals surface area contributed by atoms with E-state index in [9.17, 15) is 8.42 Å². The number of rotatable bonds is 4. The van der Waals surface area contributed by atoms with Crippen LogP contribution in [0.25, 0.3) is 0 Å². The largest absolute Gasteiger partial charge is 0.327 e. The van der Waals surface area contributed by atoms with E-state index in [1.54, 1.807) is 0 Å². The summed E-state index contributed by atoms with van der Waals surface area (Å²) in [7, 11) is -3.03. The van der Waals surface area contributed by atoms with Gasteiger partial charge < -0.3 is 5.73 Å². The highest BCUT2D eigenvalue weighted by Crippen LogP contribution is 2.31. The van der Waals surface area contributed by atoms with Gasteiger partial charge >= 0.3 is 0 Å². The molecule has 2 rings (SSSR count). The van der Waals surface area contributed by atoms with Crippen molar-refractivity contribution in [3.63, 3.8) is 0 Å². The summed E-state index contributed by atoms with van der Waals surface area (Å²) in [5.74, 6) is 0.483. The van der Waals surface area contributed by atoms with Gasteiger partial charge in [-0.3, -0.25) is 0 Å². The summed E-state index contributed by atoms with van der Waals surface area (Å²) in [6.45, 7) is 2.11. The first-order chi connectivity index (χ1) is 7.03. The van der Waals surface area contributed by atoms with Crippen LogP contribution in [0.3, 0.4) is 0 Å². The van der Waals surface area contributed by atoms with E-state index < -0.39 is 10.0 Å². The number of hydrogen-bond donors (Lipinski definition) is 2. The fourth-order valence-corrected chi connectivity index (χ4v) is 4.04. The van der Waals surface area contributed by atoms with E-state index in [0.717, 1.165) is 32.1 Å². The van der Waals surface area contributed by atoms with Crippen LogP contribution in [0, 0.1) is 5.92 Å². The summed E-state index contributed by atoms with van der Waals surface area (Å²) in [4.78, 5) is 0. The zero-order valence-corrected chi connectivity index (χ0v) is 9.96. The monoisotopic (exact) mass is 232 g/mol. The molecule has 0 amide bonds. The van der Waals surface area contributed by atoms with Crippen molar-refractivity contribution >= 4 is 10.0 Å². The van der Waals surface area contributed by atoms with Crippen molar-refractivity contribution in [3.05, 3.63) is 0 Å². The molecular weight excluding hydrogens is 212 g/mol. The molecule has 0 aliphatic heterocycles. The standard InChI is InChI=1S/C10H20N2O2S/c1-2-7-5-8(6-10(7)11)12-15(13,14)9-3-4-9/h7-10,12H,2-6,11H2,1H3. The van der Waals surface area contributed by atoms with E-state index in [1.165, 1.54) is 0 Å². The van der Waals surface area contributed by atoms with Gasteiger partial charge in [0, 0.05) is 12.1 Å². The average Bonchev–Trinajstić information content (AvgIpc) is 2.92. The van der Waals surface area contributed by atoms with Gasteiger partial charge in [0.2, 0.25) is 10.0 Å². The molecule has 3 unspecified atom stereocenters. The van der Waals surface area contributed by atoms with Gasteiger partial charge in [-0.05, 0) is 31.6 Å². The topological polar surface area (TPSA) is 72.2 Å². The lowest BCUT2D eigenvalue weighted by Crippen LogP contribution is -2.36. The Morgan fingerprint density at radius 3 is 2.47 bits per heavy atom. The minimum absolute atomic E-state index is 0.0792. The Morgan fingerprint density at radius 2 is 2.00 bits per heavy atom. The lowest BCUT2D eigenvalue weighted by molar-refractivity contribution is 0.462. The van der Waals surface area contributed by atoms with Gasteiger partial charge in [0.15, 0.2) is 0 Å². The Hall–Kier alpha value is -0.130. The molecule has 2 fully saturated rings. The van der Waals surface area contributed by atoms with Gasteiger partial charge in [-0.1, -0.05) is 13.3 Å². The van der Waals surface area contributed by atoms with Gasteiger partial charge in [-0.15, -0.1) is 0 Å². The van der Waals surface area contributed by atoms with Crippen LogP contribution in [0.1, 0.15) is 39.0 Å². The molecule has 88 valence electrons. The lowest BCUT2D eigenvalue weighted by atomic mass is 10.0. The van der Waals surface area contributed by atoms with Gasteiger partial charge in [-0.25, -0.2) is 13.1 Å². The molecule has 0 aromatic rings. The van der Waals surface area contributed by atoms with Crippen LogP contribution >= 0.6 is 0 Å². The molecule has 3 N–H and O–H groups in total. The van der Waals surface area contributed by atoms with Crippen LogP contribution in [-0.4, -0.2) is 25.8 Å². The number of sulfonamides is 1. The van der Waals surface area contributed by atoms with Crippen LogP contribution in [0.5, 0.6) is 0 Å². The normalized spacial score (nSPS) is 37.1. The first kappa shape index (κ1) is 11.4. The lowest BCUT2D eigenvalue weighted by Gasteiger charge is -2.12. The van der Waals surface area contributed by atoms with Gasteiger partial charge in [0.05, 0.1) is 5.25 Å². The van der Waals surface area contributed by atoms with E-state index in [-0.39, 0.29) is 17.3 Å². The van der Waals surface area contributed by atoms with E-state index >= 15 is 0 Å². The first-order valence-electron chi connectivity index (χ1n) is 5.79. The van der Waals surface area contributed by atoms with Crippen molar-refractivity contribution in [2.45, 2.75) is 56.4 Å². The number of nitrogens with one attached hydrogen (secondary N) is 1. The summed E-state index contributed by atoms with van der Waals surface area (Å²) in [5.41, 5.74) is 5.96. The Bertz CT molecular complexity index is 324. The molecule has 0 bridgehead atoms. The van der Waals surface area contributed by atoms with Crippen LogP contribution in [0.15, 0.2) is 0 Å². The zero-order chi connectivity index (χ0) is 11.1. The molecule has 2 aliphatic carbocycles. The summed E-state index contributed by atoms with van der Waals surface area (Å²) < 4.78 is 26.2. The molecule has 3 atom stereocenters. The molecule has 0 spiro atoms. The fourth-order valence-electron chi connectivity index (χ4n) is 2.43. The Morgan fingerprint density at radius 1 is 1.33 bits per heavy atom. The highest BCUT2D eigenvalue weighted by molar-refractivity contribution is 7.90. The van der Waals surface area contributed by atoms with E-state index in [2.05, 4.69) is 11.6 Å². The average molecular weight is 232 g/mol. The second-order valence-corrected chi connectivity index (χ2v) is 6.86. The molecular formula is C10H20N2O2S.